The van der Waals surface area contributed by atoms with Gasteiger partial charge in [0.25, 0.3) is 0 Å². The van der Waals surface area contributed by atoms with Gasteiger partial charge in [-0.25, -0.2) is 0 Å². The van der Waals surface area contributed by atoms with Crippen molar-refractivity contribution in [2.75, 3.05) is 0 Å². The summed E-state index contributed by atoms with van der Waals surface area (Å²) < 4.78 is 0. The van der Waals surface area contributed by atoms with Crippen LogP contribution in [0.3, 0.4) is 0 Å². The molecule has 0 saturated heterocycles. The van der Waals surface area contributed by atoms with E-state index in [0.717, 1.165) is 6.42 Å². The van der Waals surface area contributed by atoms with Crippen molar-refractivity contribution < 1.29 is 0 Å². The van der Waals surface area contributed by atoms with Gasteiger partial charge >= 0.3 is 0 Å². The zero-order valence-electron chi connectivity index (χ0n) is 7.89. The average molecular weight is 200 g/mol. The summed E-state index contributed by atoms with van der Waals surface area (Å²) in [6.45, 7) is 0. The molecule has 0 amide bonds. The molecule has 1 heteroatoms. The molecule has 2 aromatic rings. The third-order valence-electron chi connectivity index (χ3n) is 2.05. The number of rotatable bonds is 3. The smallest absolute Gasteiger partial charge is 0.00209 e. The van der Waals surface area contributed by atoms with Crippen molar-refractivity contribution >= 4 is 17.4 Å². The number of thiophene rings is 1. The molecular weight excluding hydrogens is 188 g/mol. The van der Waals surface area contributed by atoms with Crippen LogP contribution in [0.15, 0.2) is 53.2 Å². The fraction of sp³-hybridized carbons (Fsp3) is 0.0769. The Balaban J connectivity index is 1.95. The monoisotopic (exact) mass is 200 g/mol. The van der Waals surface area contributed by atoms with Crippen molar-refractivity contribution in [1.82, 2.24) is 0 Å². The van der Waals surface area contributed by atoms with Gasteiger partial charge in [0.15, 0.2) is 0 Å². The van der Waals surface area contributed by atoms with Gasteiger partial charge in [-0.05, 0) is 34.4 Å². The van der Waals surface area contributed by atoms with Crippen LogP contribution in [0, 0.1) is 0 Å². The highest BCUT2D eigenvalue weighted by Gasteiger charge is 1.87. The normalized spacial score (nSPS) is 10.9. The van der Waals surface area contributed by atoms with Crippen molar-refractivity contribution in [2.24, 2.45) is 0 Å². The van der Waals surface area contributed by atoms with E-state index >= 15 is 0 Å². The highest BCUT2D eigenvalue weighted by atomic mass is 32.1. The molecule has 0 spiro atoms. The summed E-state index contributed by atoms with van der Waals surface area (Å²) in [4.78, 5) is 0. The molecule has 0 aliphatic rings. The van der Waals surface area contributed by atoms with Gasteiger partial charge in [0, 0.05) is 0 Å². The van der Waals surface area contributed by atoms with Crippen LogP contribution in [0.5, 0.6) is 0 Å². The van der Waals surface area contributed by atoms with Crippen LogP contribution in [-0.4, -0.2) is 0 Å². The molecule has 0 aliphatic heterocycles. The lowest BCUT2D eigenvalue weighted by Crippen LogP contribution is -1.77. The molecule has 0 saturated carbocycles. The fourth-order valence-corrected chi connectivity index (χ4v) is 1.94. The maximum atomic E-state index is 2.21. The summed E-state index contributed by atoms with van der Waals surface area (Å²) in [6.07, 6.45) is 5.39. The minimum absolute atomic E-state index is 1.01. The molecule has 0 bridgehead atoms. The first-order valence-corrected chi connectivity index (χ1v) is 5.62. The molecular formula is C13H12S. The molecule has 0 nitrogen and oxygen atoms in total. The number of benzene rings is 1. The van der Waals surface area contributed by atoms with Gasteiger partial charge in [0.05, 0.1) is 0 Å². The lowest BCUT2D eigenvalue weighted by Gasteiger charge is -1.93. The number of allylic oxidation sites excluding steroid dienone is 1. The fourth-order valence-electron chi connectivity index (χ4n) is 1.32. The Hall–Kier alpha value is -1.34. The summed E-state index contributed by atoms with van der Waals surface area (Å²) in [7, 11) is 0. The predicted molar refractivity (Wildman–Crippen MR) is 63.5 cm³/mol. The Morgan fingerprint density at radius 3 is 2.64 bits per heavy atom. The van der Waals surface area contributed by atoms with E-state index in [-0.39, 0.29) is 0 Å². The maximum Gasteiger partial charge on any atom is -0.00209 e. The minimum atomic E-state index is 1.01. The van der Waals surface area contributed by atoms with Crippen LogP contribution in [0.2, 0.25) is 0 Å². The van der Waals surface area contributed by atoms with E-state index in [2.05, 4.69) is 53.2 Å². The zero-order valence-corrected chi connectivity index (χ0v) is 8.71. The van der Waals surface area contributed by atoms with Crippen molar-refractivity contribution in [2.45, 2.75) is 6.42 Å². The molecule has 0 radical (unpaired) electrons. The van der Waals surface area contributed by atoms with E-state index in [1.54, 1.807) is 11.3 Å². The van der Waals surface area contributed by atoms with Gasteiger partial charge in [-0.1, -0.05) is 42.5 Å². The highest BCUT2D eigenvalue weighted by Crippen LogP contribution is 2.08. The number of hydrogen-bond acceptors (Lipinski definition) is 1. The van der Waals surface area contributed by atoms with Crippen LogP contribution in [0.4, 0.5) is 0 Å². The topological polar surface area (TPSA) is 0 Å². The Morgan fingerprint density at radius 1 is 1.07 bits per heavy atom. The lowest BCUT2D eigenvalue weighted by atomic mass is 10.1. The lowest BCUT2D eigenvalue weighted by molar-refractivity contribution is 1.28. The molecule has 0 atom stereocenters. The van der Waals surface area contributed by atoms with Crippen LogP contribution in [-0.2, 0) is 6.42 Å². The van der Waals surface area contributed by atoms with Gasteiger partial charge < -0.3 is 0 Å². The van der Waals surface area contributed by atoms with E-state index < -0.39 is 0 Å². The Morgan fingerprint density at radius 2 is 1.93 bits per heavy atom. The van der Waals surface area contributed by atoms with Crippen molar-refractivity contribution in [3.8, 4) is 0 Å². The first kappa shape index (κ1) is 9.22. The second-order valence-corrected chi connectivity index (χ2v) is 3.93. The van der Waals surface area contributed by atoms with E-state index in [0.29, 0.717) is 0 Å². The maximum absolute atomic E-state index is 2.21. The van der Waals surface area contributed by atoms with Gasteiger partial charge in [0.1, 0.15) is 0 Å². The third-order valence-corrected chi connectivity index (χ3v) is 2.75. The van der Waals surface area contributed by atoms with Crippen LogP contribution in [0.25, 0.3) is 6.08 Å². The molecule has 0 fully saturated rings. The van der Waals surface area contributed by atoms with Crippen LogP contribution >= 0.6 is 11.3 Å². The number of hydrogen-bond donors (Lipinski definition) is 0. The summed E-state index contributed by atoms with van der Waals surface area (Å²) >= 11 is 1.73. The molecule has 1 aromatic heterocycles. The third kappa shape index (κ3) is 2.57. The molecule has 0 unspecified atom stereocenters. The van der Waals surface area contributed by atoms with Gasteiger partial charge in [0.2, 0.25) is 0 Å². The molecule has 0 aliphatic carbocycles. The van der Waals surface area contributed by atoms with Crippen LogP contribution < -0.4 is 0 Å². The van der Waals surface area contributed by atoms with Crippen molar-refractivity contribution in [3.05, 3.63) is 64.4 Å². The minimum Gasteiger partial charge on any atom is -0.152 e. The summed E-state index contributed by atoms with van der Waals surface area (Å²) in [5.74, 6) is 0. The molecule has 70 valence electrons. The standard InChI is InChI=1S/C13H12S/c1-2-5-12(6-3-1)7-4-8-13-9-10-14-11-13/h1-6,8-11H,7H2. The second-order valence-electron chi connectivity index (χ2n) is 3.15. The van der Waals surface area contributed by atoms with Crippen molar-refractivity contribution in [3.63, 3.8) is 0 Å². The SMILES string of the molecule is C(=Cc1ccsc1)Cc1ccccc1. The van der Waals surface area contributed by atoms with Gasteiger partial charge in [-0.3, -0.25) is 0 Å². The van der Waals surface area contributed by atoms with E-state index in [4.69, 9.17) is 0 Å². The molecule has 0 N–H and O–H groups in total. The molecule has 1 aromatic carbocycles. The quantitative estimate of drug-likeness (QED) is 0.702. The Kier molecular flexibility index (Phi) is 3.15. The predicted octanol–water partition coefficient (Wildman–Crippen LogP) is 4.00. The zero-order chi connectivity index (χ0) is 9.64. The first-order valence-electron chi connectivity index (χ1n) is 4.68. The first-order chi connectivity index (χ1) is 6.95. The van der Waals surface area contributed by atoms with Gasteiger partial charge in [-0.2, -0.15) is 11.3 Å². The Labute approximate surface area is 88.5 Å². The highest BCUT2D eigenvalue weighted by molar-refractivity contribution is 7.08. The van der Waals surface area contributed by atoms with E-state index in [9.17, 15) is 0 Å². The largest absolute Gasteiger partial charge is 0.152 e. The Bertz CT molecular complexity index is 384. The summed E-state index contributed by atoms with van der Waals surface area (Å²) in [5.41, 5.74) is 2.66. The summed E-state index contributed by atoms with van der Waals surface area (Å²) in [5, 5.41) is 4.25. The molecule has 14 heavy (non-hydrogen) atoms. The van der Waals surface area contributed by atoms with Gasteiger partial charge in [-0.15, -0.1) is 0 Å². The van der Waals surface area contributed by atoms with Crippen molar-refractivity contribution in [1.29, 1.82) is 0 Å². The van der Waals surface area contributed by atoms with E-state index in [1.165, 1.54) is 11.1 Å². The molecule has 1 heterocycles. The second kappa shape index (κ2) is 4.77. The summed E-state index contributed by atoms with van der Waals surface area (Å²) in [6, 6.07) is 12.6. The van der Waals surface area contributed by atoms with E-state index in [1.807, 2.05) is 6.07 Å². The molecule has 2 rings (SSSR count). The average Bonchev–Trinajstić information content (AvgIpc) is 2.72. The van der Waals surface area contributed by atoms with Crippen LogP contribution in [0.1, 0.15) is 11.1 Å².